The molecule has 1 atom stereocenters. The fourth-order valence-electron chi connectivity index (χ4n) is 3.25. The van der Waals surface area contributed by atoms with E-state index in [4.69, 9.17) is 0 Å². The molecule has 1 aliphatic rings. The van der Waals surface area contributed by atoms with Gasteiger partial charge < -0.3 is 4.90 Å². The first-order valence-electron chi connectivity index (χ1n) is 7.91. The average molecular weight is 268 g/mol. The highest BCUT2D eigenvalue weighted by Gasteiger charge is 2.20. The predicted octanol–water partition coefficient (Wildman–Crippen LogP) is 4.00. The number of likely N-dealkylation sites (N-methyl/N-ethyl adjacent to an activating group) is 1. The number of hydrogen-bond donors (Lipinski definition) is 0. The molecule has 0 radical (unpaired) electrons. The van der Waals surface area contributed by atoms with Crippen LogP contribution in [-0.4, -0.2) is 29.5 Å². The number of piperidine rings is 1. The summed E-state index contributed by atoms with van der Waals surface area (Å²) in [6, 6.07) is 9.14. The summed E-state index contributed by atoms with van der Waals surface area (Å²) in [4.78, 5) is 7.19. The number of hydrogen-bond acceptors (Lipinski definition) is 2. The molecule has 2 aromatic rings. The van der Waals surface area contributed by atoms with Crippen LogP contribution >= 0.6 is 0 Å². The Morgan fingerprint density at radius 3 is 2.95 bits per heavy atom. The number of benzene rings is 1. The van der Waals surface area contributed by atoms with Crippen LogP contribution in [0.15, 0.2) is 30.5 Å². The van der Waals surface area contributed by atoms with Crippen molar-refractivity contribution in [1.29, 1.82) is 0 Å². The maximum absolute atomic E-state index is 4.63. The Bertz CT molecular complexity index is 591. The standard InChI is InChI=1S/C18H24N2/c1-3-14-10-16-8-7-15(11-18(16)19-12-14)17-6-5-9-20(4-2)13-17/h7-8,10-12,17H,3-6,9,13H2,1-2H3. The lowest BCUT2D eigenvalue weighted by atomic mass is 9.90. The van der Waals surface area contributed by atoms with Gasteiger partial charge in [-0.1, -0.05) is 26.0 Å². The minimum Gasteiger partial charge on any atom is -0.303 e. The average Bonchev–Trinajstić information content (AvgIpc) is 2.54. The Labute approximate surface area is 121 Å². The minimum absolute atomic E-state index is 0.681. The van der Waals surface area contributed by atoms with Crippen LogP contribution in [0.2, 0.25) is 0 Å². The van der Waals surface area contributed by atoms with Crippen LogP contribution in [0.1, 0.15) is 43.7 Å². The summed E-state index contributed by atoms with van der Waals surface area (Å²) in [5, 5.41) is 1.27. The molecule has 2 heteroatoms. The number of rotatable bonds is 3. The van der Waals surface area contributed by atoms with Gasteiger partial charge in [0.1, 0.15) is 0 Å². The molecular formula is C18H24N2. The molecule has 106 valence electrons. The second-order valence-corrected chi connectivity index (χ2v) is 5.88. The largest absolute Gasteiger partial charge is 0.303 e. The molecule has 20 heavy (non-hydrogen) atoms. The molecule has 2 heterocycles. The summed E-state index contributed by atoms with van der Waals surface area (Å²) in [5.74, 6) is 0.681. The van der Waals surface area contributed by atoms with Gasteiger partial charge in [-0.15, -0.1) is 0 Å². The SMILES string of the molecule is CCc1cnc2cc(C3CCCN(CC)C3)ccc2c1. The first-order chi connectivity index (χ1) is 9.80. The maximum Gasteiger partial charge on any atom is 0.0705 e. The van der Waals surface area contributed by atoms with Gasteiger partial charge in [0.2, 0.25) is 0 Å². The van der Waals surface area contributed by atoms with Crippen molar-refractivity contribution in [3.05, 3.63) is 41.6 Å². The third-order valence-electron chi connectivity index (χ3n) is 4.60. The molecule has 1 unspecified atom stereocenters. The smallest absolute Gasteiger partial charge is 0.0705 e. The van der Waals surface area contributed by atoms with E-state index in [1.807, 2.05) is 6.20 Å². The predicted molar refractivity (Wildman–Crippen MR) is 85.2 cm³/mol. The van der Waals surface area contributed by atoms with Gasteiger partial charge in [-0.3, -0.25) is 4.98 Å². The van der Waals surface area contributed by atoms with Gasteiger partial charge >= 0.3 is 0 Å². The molecule has 0 N–H and O–H groups in total. The number of likely N-dealkylation sites (tertiary alicyclic amines) is 1. The molecule has 1 aliphatic heterocycles. The lowest BCUT2D eigenvalue weighted by molar-refractivity contribution is 0.218. The van der Waals surface area contributed by atoms with Crippen LogP contribution in [0.25, 0.3) is 10.9 Å². The lowest BCUT2D eigenvalue weighted by Gasteiger charge is -2.32. The Morgan fingerprint density at radius 1 is 1.25 bits per heavy atom. The van der Waals surface area contributed by atoms with Gasteiger partial charge in [0.05, 0.1) is 5.52 Å². The van der Waals surface area contributed by atoms with Gasteiger partial charge in [-0.05, 0) is 61.5 Å². The zero-order chi connectivity index (χ0) is 13.9. The molecule has 0 spiro atoms. The molecule has 1 saturated heterocycles. The van der Waals surface area contributed by atoms with Gasteiger partial charge in [0.15, 0.2) is 0 Å². The van der Waals surface area contributed by atoms with E-state index in [1.165, 1.54) is 49.0 Å². The first kappa shape index (κ1) is 13.6. The van der Waals surface area contributed by atoms with Crippen molar-refractivity contribution >= 4 is 10.9 Å². The van der Waals surface area contributed by atoms with E-state index >= 15 is 0 Å². The Hall–Kier alpha value is -1.41. The molecule has 2 nitrogen and oxygen atoms in total. The van der Waals surface area contributed by atoms with Crippen molar-refractivity contribution < 1.29 is 0 Å². The van der Waals surface area contributed by atoms with Crippen molar-refractivity contribution in [2.45, 2.75) is 39.0 Å². The van der Waals surface area contributed by atoms with E-state index in [2.05, 4.69) is 48.0 Å². The summed E-state index contributed by atoms with van der Waals surface area (Å²) < 4.78 is 0. The summed E-state index contributed by atoms with van der Waals surface area (Å²) in [6.07, 6.45) is 5.71. The summed E-state index contributed by atoms with van der Waals surface area (Å²) >= 11 is 0. The second kappa shape index (κ2) is 5.92. The Morgan fingerprint density at radius 2 is 2.15 bits per heavy atom. The van der Waals surface area contributed by atoms with Crippen molar-refractivity contribution in [3.63, 3.8) is 0 Å². The van der Waals surface area contributed by atoms with E-state index in [-0.39, 0.29) is 0 Å². The summed E-state index contributed by atoms with van der Waals surface area (Å²) in [7, 11) is 0. The lowest BCUT2D eigenvalue weighted by Crippen LogP contribution is -2.34. The normalized spacial score (nSPS) is 20.4. The summed E-state index contributed by atoms with van der Waals surface area (Å²) in [6.45, 7) is 8.07. The van der Waals surface area contributed by atoms with Crippen molar-refractivity contribution in [2.75, 3.05) is 19.6 Å². The van der Waals surface area contributed by atoms with Crippen molar-refractivity contribution in [2.24, 2.45) is 0 Å². The molecular weight excluding hydrogens is 244 g/mol. The van der Waals surface area contributed by atoms with E-state index in [0.29, 0.717) is 5.92 Å². The maximum atomic E-state index is 4.63. The Balaban J connectivity index is 1.88. The second-order valence-electron chi connectivity index (χ2n) is 5.88. The van der Waals surface area contributed by atoms with Gasteiger partial charge in [-0.2, -0.15) is 0 Å². The zero-order valence-electron chi connectivity index (χ0n) is 12.6. The van der Waals surface area contributed by atoms with Crippen LogP contribution < -0.4 is 0 Å². The number of fused-ring (bicyclic) bond motifs is 1. The molecule has 1 aromatic carbocycles. The van der Waals surface area contributed by atoms with E-state index in [0.717, 1.165) is 11.9 Å². The van der Waals surface area contributed by atoms with E-state index in [1.54, 1.807) is 0 Å². The van der Waals surface area contributed by atoms with Crippen LogP contribution in [0, 0.1) is 0 Å². The molecule has 1 fully saturated rings. The van der Waals surface area contributed by atoms with E-state index < -0.39 is 0 Å². The molecule has 0 bridgehead atoms. The van der Waals surface area contributed by atoms with Crippen LogP contribution in [0.5, 0.6) is 0 Å². The number of pyridine rings is 1. The fraction of sp³-hybridized carbons (Fsp3) is 0.500. The van der Waals surface area contributed by atoms with Crippen molar-refractivity contribution in [1.82, 2.24) is 9.88 Å². The molecule has 1 aromatic heterocycles. The topological polar surface area (TPSA) is 16.1 Å². The van der Waals surface area contributed by atoms with Crippen molar-refractivity contribution in [3.8, 4) is 0 Å². The summed E-state index contributed by atoms with van der Waals surface area (Å²) in [5.41, 5.74) is 3.93. The highest BCUT2D eigenvalue weighted by molar-refractivity contribution is 5.79. The highest BCUT2D eigenvalue weighted by atomic mass is 15.1. The third-order valence-corrected chi connectivity index (χ3v) is 4.60. The van der Waals surface area contributed by atoms with E-state index in [9.17, 15) is 0 Å². The van der Waals surface area contributed by atoms with Gasteiger partial charge in [0, 0.05) is 18.1 Å². The van der Waals surface area contributed by atoms with Crippen LogP contribution in [-0.2, 0) is 6.42 Å². The number of aryl methyl sites for hydroxylation is 1. The number of nitrogens with zero attached hydrogens (tertiary/aromatic N) is 2. The molecule has 3 rings (SSSR count). The Kier molecular flexibility index (Phi) is 4.02. The van der Waals surface area contributed by atoms with Crippen LogP contribution in [0.4, 0.5) is 0 Å². The van der Waals surface area contributed by atoms with Gasteiger partial charge in [-0.25, -0.2) is 0 Å². The molecule has 0 amide bonds. The molecule has 0 aliphatic carbocycles. The minimum atomic E-state index is 0.681. The van der Waals surface area contributed by atoms with Crippen LogP contribution in [0.3, 0.4) is 0 Å². The fourth-order valence-corrected chi connectivity index (χ4v) is 3.25. The number of aromatic nitrogens is 1. The molecule has 0 saturated carbocycles. The zero-order valence-corrected chi connectivity index (χ0v) is 12.6. The first-order valence-corrected chi connectivity index (χ1v) is 7.91. The highest BCUT2D eigenvalue weighted by Crippen LogP contribution is 2.28. The third kappa shape index (κ3) is 2.71. The van der Waals surface area contributed by atoms with Gasteiger partial charge in [0.25, 0.3) is 0 Å². The monoisotopic (exact) mass is 268 g/mol. The quantitative estimate of drug-likeness (QED) is 0.836.